The third-order valence-electron chi connectivity index (χ3n) is 2.77. The normalized spacial score (nSPS) is 12.2. The first-order valence-corrected chi connectivity index (χ1v) is 6.04. The average molecular weight is 259 g/mol. The molecule has 0 atom stereocenters. The molecule has 5 heteroatoms. The minimum Gasteiger partial charge on any atom is -0.466 e. The quantitative estimate of drug-likeness (QED) is 0.613. The minimum atomic E-state index is -0.395. The van der Waals surface area contributed by atoms with Crippen LogP contribution in [0.25, 0.3) is 11.6 Å². The van der Waals surface area contributed by atoms with Crippen LogP contribution in [0.3, 0.4) is 0 Å². The summed E-state index contributed by atoms with van der Waals surface area (Å²) in [6.45, 7) is 6.27. The Labute approximate surface area is 111 Å². The standard InChI is InChI=1S/C14H17N3O2/c1-14(2,3)13-11-7-5-6-10(17(11)16-15-13)8-9-12(18)19-4/h5-9H,1-4H3/b9-8+. The largest absolute Gasteiger partial charge is 0.466 e. The van der Waals surface area contributed by atoms with E-state index in [1.54, 1.807) is 10.6 Å². The second kappa shape index (κ2) is 4.84. The van der Waals surface area contributed by atoms with E-state index < -0.39 is 5.97 Å². The van der Waals surface area contributed by atoms with Crippen LogP contribution in [0.5, 0.6) is 0 Å². The van der Waals surface area contributed by atoms with Crippen molar-refractivity contribution in [1.29, 1.82) is 0 Å². The number of fused-ring (bicyclic) bond motifs is 1. The van der Waals surface area contributed by atoms with Gasteiger partial charge in [0.15, 0.2) is 0 Å². The molecule has 0 unspecified atom stereocenters. The van der Waals surface area contributed by atoms with E-state index >= 15 is 0 Å². The molecule has 0 amide bonds. The van der Waals surface area contributed by atoms with Crippen LogP contribution < -0.4 is 0 Å². The van der Waals surface area contributed by atoms with E-state index in [4.69, 9.17) is 0 Å². The van der Waals surface area contributed by atoms with Gasteiger partial charge in [0.05, 0.1) is 24.0 Å². The van der Waals surface area contributed by atoms with Crippen molar-refractivity contribution in [2.24, 2.45) is 0 Å². The fourth-order valence-corrected chi connectivity index (χ4v) is 1.82. The van der Waals surface area contributed by atoms with E-state index in [9.17, 15) is 4.79 Å². The maximum Gasteiger partial charge on any atom is 0.330 e. The van der Waals surface area contributed by atoms with Crippen molar-refractivity contribution in [1.82, 2.24) is 14.8 Å². The summed E-state index contributed by atoms with van der Waals surface area (Å²) in [5.41, 5.74) is 2.58. The molecule has 0 spiro atoms. The zero-order valence-electron chi connectivity index (χ0n) is 11.5. The number of hydrogen-bond donors (Lipinski definition) is 0. The maximum absolute atomic E-state index is 11.1. The molecule has 2 aromatic heterocycles. The molecule has 100 valence electrons. The van der Waals surface area contributed by atoms with Crippen LogP contribution in [0.1, 0.15) is 32.2 Å². The zero-order valence-corrected chi connectivity index (χ0v) is 11.5. The Morgan fingerprint density at radius 3 is 2.74 bits per heavy atom. The average Bonchev–Trinajstić information content (AvgIpc) is 2.79. The van der Waals surface area contributed by atoms with Crippen molar-refractivity contribution in [3.05, 3.63) is 35.7 Å². The second-order valence-corrected chi connectivity index (χ2v) is 5.29. The lowest BCUT2D eigenvalue weighted by molar-refractivity contribution is -0.134. The van der Waals surface area contributed by atoms with Crippen LogP contribution >= 0.6 is 0 Å². The first kappa shape index (κ1) is 13.3. The molecule has 0 aliphatic heterocycles. The number of ether oxygens (including phenoxy) is 1. The molecule has 19 heavy (non-hydrogen) atoms. The highest BCUT2D eigenvalue weighted by Crippen LogP contribution is 2.24. The number of hydrogen-bond acceptors (Lipinski definition) is 4. The lowest BCUT2D eigenvalue weighted by atomic mass is 9.91. The molecule has 0 fully saturated rings. The first-order valence-electron chi connectivity index (χ1n) is 6.04. The number of rotatable bonds is 2. The van der Waals surface area contributed by atoms with Gasteiger partial charge in [-0.25, -0.2) is 9.31 Å². The van der Waals surface area contributed by atoms with Crippen LogP contribution in [0, 0.1) is 0 Å². The minimum absolute atomic E-state index is 0.0769. The van der Waals surface area contributed by atoms with E-state index in [0.29, 0.717) is 0 Å². The van der Waals surface area contributed by atoms with Crippen LogP contribution in [0.4, 0.5) is 0 Å². The zero-order chi connectivity index (χ0) is 14.0. The second-order valence-electron chi connectivity index (χ2n) is 5.29. The van der Waals surface area contributed by atoms with Crippen molar-refractivity contribution >= 4 is 17.6 Å². The summed E-state index contributed by atoms with van der Waals surface area (Å²) in [4.78, 5) is 11.1. The van der Waals surface area contributed by atoms with Crippen molar-refractivity contribution in [2.45, 2.75) is 26.2 Å². The summed E-state index contributed by atoms with van der Waals surface area (Å²) in [5, 5.41) is 8.39. The molecule has 0 N–H and O–H groups in total. The molecule has 0 aromatic carbocycles. The van der Waals surface area contributed by atoms with Gasteiger partial charge in [-0.1, -0.05) is 32.1 Å². The summed E-state index contributed by atoms with van der Waals surface area (Å²) in [6, 6.07) is 5.76. The Balaban J connectivity index is 2.51. The Bertz CT molecular complexity index is 636. The maximum atomic E-state index is 11.1. The third kappa shape index (κ3) is 2.65. The number of aromatic nitrogens is 3. The van der Waals surface area contributed by atoms with Gasteiger partial charge in [0.1, 0.15) is 0 Å². The number of pyridine rings is 1. The molecule has 0 radical (unpaired) electrons. The Kier molecular flexibility index (Phi) is 3.38. The van der Waals surface area contributed by atoms with Crippen molar-refractivity contribution < 1.29 is 9.53 Å². The molecule has 0 saturated heterocycles. The molecular formula is C14H17N3O2. The van der Waals surface area contributed by atoms with Gasteiger partial charge in [-0.3, -0.25) is 0 Å². The van der Waals surface area contributed by atoms with E-state index in [-0.39, 0.29) is 5.41 Å². The SMILES string of the molecule is COC(=O)/C=C/c1cccc2c(C(C)(C)C)nnn12. The number of esters is 1. The number of nitrogens with zero attached hydrogens (tertiary/aromatic N) is 3. The Morgan fingerprint density at radius 2 is 2.11 bits per heavy atom. The van der Waals surface area contributed by atoms with Gasteiger partial charge in [-0.2, -0.15) is 0 Å². The van der Waals surface area contributed by atoms with Gasteiger partial charge in [-0.05, 0) is 18.2 Å². The summed E-state index contributed by atoms with van der Waals surface area (Å²) >= 11 is 0. The van der Waals surface area contributed by atoms with Crippen LogP contribution in [-0.2, 0) is 14.9 Å². The van der Waals surface area contributed by atoms with E-state index in [1.807, 2.05) is 18.2 Å². The predicted octanol–water partition coefficient (Wildman–Crippen LogP) is 2.21. The summed E-state index contributed by atoms with van der Waals surface area (Å²) in [7, 11) is 1.35. The first-order chi connectivity index (χ1) is 8.93. The predicted molar refractivity (Wildman–Crippen MR) is 72.7 cm³/mol. The lowest BCUT2D eigenvalue weighted by Crippen LogP contribution is -2.12. The lowest BCUT2D eigenvalue weighted by Gasteiger charge is -2.14. The molecular weight excluding hydrogens is 242 g/mol. The van der Waals surface area contributed by atoms with E-state index in [0.717, 1.165) is 16.9 Å². The van der Waals surface area contributed by atoms with Crippen LogP contribution in [-0.4, -0.2) is 27.9 Å². The summed E-state index contributed by atoms with van der Waals surface area (Å²) in [6.07, 6.45) is 3.03. The summed E-state index contributed by atoms with van der Waals surface area (Å²) in [5.74, 6) is -0.395. The topological polar surface area (TPSA) is 56.5 Å². The third-order valence-corrected chi connectivity index (χ3v) is 2.77. The van der Waals surface area contributed by atoms with Crippen molar-refractivity contribution in [2.75, 3.05) is 7.11 Å². The van der Waals surface area contributed by atoms with Gasteiger partial charge in [0.2, 0.25) is 0 Å². The molecule has 0 saturated carbocycles. The molecule has 0 aliphatic rings. The highest BCUT2D eigenvalue weighted by molar-refractivity contribution is 5.86. The number of methoxy groups -OCH3 is 1. The van der Waals surface area contributed by atoms with Gasteiger partial charge in [0, 0.05) is 11.5 Å². The smallest absolute Gasteiger partial charge is 0.330 e. The monoisotopic (exact) mass is 259 g/mol. The van der Waals surface area contributed by atoms with Crippen LogP contribution in [0.15, 0.2) is 24.3 Å². The van der Waals surface area contributed by atoms with Gasteiger partial charge >= 0.3 is 5.97 Å². The molecule has 0 bridgehead atoms. The fraction of sp³-hybridized carbons (Fsp3) is 0.357. The van der Waals surface area contributed by atoms with E-state index in [1.165, 1.54) is 13.2 Å². The van der Waals surface area contributed by atoms with Crippen molar-refractivity contribution in [3.8, 4) is 0 Å². The van der Waals surface area contributed by atoms with Gasteiger partial charge < -0.3 is 4.74 Å². The van der Waals surface area contributed by atoms with Crippen LogP contribution in [0.2, 0.25) is 0 Å². The Morgan fingerprint density at radius 1 is 1.37 bits per heavy atom. The number of carbonyl (C=O) groups is 1. The van der Waals surface area contributed by atoms with Gasteiger partial charge in [0.25, 0.3) is 0 Å². The van der Waals surface area contributed by atoms with Crippen molar-refractivity contribution in [3.63, 3.8) is 0 Å². The van der Waals surface area contributed by atoms with Gasteiger partial charge in [-0.15, -0.1) is 5.10 Å². The summed E-state index contributed by atoms with van der Waals surface area (Å²) < 4.78 is 6.29. The highest BCUT2D eigenvalue weighted by atomic mass is 16.5. The highest BCUT2D eigenvalue weighted by Gasteiger charge is 2.21. The number of carbonyl (C=O) groups excluding carboxylic acids is 1. The molecule has 2 aromatic rings. The molecule has 2 rings (SSSR count). The molecule has 5 nitrogen and oxygen atoms in total. The van der Waals surface area contributed by atoms with E-state index in [2.05, 4.69) is 35.8 Å². The molecule has 0 aliphatic carbocycles. The Hall–Kier alpha value is -2.17. The molecule has 2 heterocycles. The fourth-order valence-electron chi connectivity index (χ4n) is 1.82.